The van der Waals surface area contributed by atoms with Crippen LogP contribution in [0.5, 0.6) is 0 Å². The molecule has 0 aromatic rings. The second-order valence-corrected chi connectivity index (χ2v) is 5.23. The Morgan fingerprint density at radius 2 is 2.05 bits per heavy atom. The number of aliphatic carboxylic acids is 1. The van der Waals surface area contributed by atoms with Crippen molar-refractivity contribution in [3.05, 3.63) is 24.3 Å². The van der Waals surface area contributed by atoms with E-state index in [0.29, 0.717) is 11.8 Å². The van der Waals surface area contributed by atoms with E-state index in [9.17, 15) is 9.59 Å². The summed E-state index contributed by atoms with van der Waals surface area (Å²) >= 11 is 0. The summed E-state index contributed by atoms with van der Waals surface area (Å²) in [6.45, 7) is 0.0637. The lowest BCUT2D eigenvalue weighted by molar-refractivity contribution is -0.139. The zero-order valence-corrected chi connectivity index (χ0v) is 11.5. The number of carbonyl (C=O) groups is 2. The molecule has 2 amide bonds. The first-order valence-corrected chi connectivity index (χ1v) is 6.91. The Morgan fingerprint density at radius 1 is 1.30 bits per heavy atom. The molecule has 0 heterocycles. The molecule has 1 saturated carbocycles. The standard InChI is InChI=1S/C14H21N3O3/c1-15-12(13(18)19)8-16-14(20)17-11-7-6-9-4-2-3-5-10(9)11/h2-5,9-12,15H,6-8H2,1H3,(H,18,19)(H2,16,17,20). The second-order valence-electron chi connectivity index (χ2n) is 5.23. The molecule has 1 fully saturated rings. The summed E-state index contributed by atoms with van der Waals surface area (Å²) in [7, 11) is 1.55. The SMILES string of the molecule is CNC(CNC(=O)NC1CCC2C=CC=CC21)C(=O)O. The van der Waals surface area contributed by atoms with Crippen molar-refractivity contribution in [3.63, 3.8) is 0 Å². The number of fused-ring (bicyclic) bond motifs is 1. The van der Waals surface area contributed by atoms with Crippen LogP contribution in [0.1, 0.15) is 12.8 Å². The van der Waals surface area contributed by atoms with Crippen LogP contribution in [0.2, 0.25) is 0 Å². The van der Waals surface area contributed by atoms with E-state index in [2.05, 4.69) is 28.1 Å². The monoisotopic (exact) mass is 279 g/mol. The van der Waals surface area contributed by atoms with E-state index in [1.54, 1.807) is 7.05 Å². The van der Waals surface area contributed by atoms with Gasteiger partial charge in [-0.15, -0.1) is 0 Å². The van der Waals surface area contributed by atoms with Crippen molar-refractivity contribution in [1.29, 1.82) is 0 Å². The summed E-state index contributed by atoms with van der Waals surface area (Å²) in [5.41, 5.74) is 0. The minimum Gasteiger partial charge on any atom is -0.480 e. The second kappa shape index (κ2) is 6.56. The van der Waals surface area contributed by atoms with E-state index in [1.165, 1.54) is 0 Å². The number of rotatable bonds is 5. The smallest absolute Gasteiger partial charge is 0.322 e. The summed E-state index contributed by atoms with van der Waals surface area (Å²) < 4.78 is 0. The highest BCUT2D eigenvalue weighted by molar-refractivity contribution is 5.77. The number of urea groups is 1. The Bertz CT molecular complexity index is 433. The fraction of sp³-hybridized carbons (Fsp3) is 0.571. The van der Waals surface area contributed by atoms with Gasteiger partial charge in [0.2, 0.25) is 0 Å². The molecule has 2 aliphatic rings. The summed E-state index contributed by atoms with van der Waals surface area (Å²) in [6, 6.07) is -0.950. The van der Waals surface area contributed by atoms with Crippen molar-refractivity contribution in [3.8, 4) is 0 Å². The number of hydrogen-bond acceptors (Lipinski definition) is 3. The molecule has 2 aliphatic carbocycles. The molecule has 110 valence electrons. The molecule has 0 aromatic carbocycles. The van der Waals surface area contributed by atoms with Crippen LogP contribution in [0.15, 0.2) is 24.3 Å². The Morgan fingerprint density at radius 3 is 2.75 bits per heavy atom. The largest absolute Gasteiger partial charge is 0.480 e. The fourth-order valence-electron chi connectivity index (χ4n) is 2.85. The Kier molecular flexibility index (Phi) is 4.79. The van der Waals surface area contributed by atoms with Crippen molar-refractivity contribution < 1.29 is 14.7 Å². The maximum absolute atomic E-state index is 11.8. The molecule has 4 atom stereocenters. The van der Waals surface area contributed by atoms with E-state index in [4.69, 9.17) is 5.11 Å². The minimum atomic E-state index is -0.978. The number of likely N-dealkylation sites (N-methyl/N-ethyl adjacent to an activating group) is 1. The number of nitrogens with one attached hydrogen (secondary N) is 3. The molecule has 0 radical (unpaired) electrons. The van der Waals surface area contributed by atoms with Crippen LogP contribution < -0.4 is 16.0 Å². The van der Waals surface area contributed by atoms with Gasteiger partial charge in [0.25, 0.3) is 0 Å². The number of amides is 2. The predicted molar refractivity (Wildman–Crippen MR) is 75.3 cm³/mol. The van der Waals surface area contributed by atoms with E-state index >= 15 is 0 Å². The van der Waals surface area contributed by atoms with Crippen molar-refractivity contribution >= 4 is 12.0 Å². The van der Waals surface area contributed by atoms with E-state index in [0.717, 1.165) is 12.8 Å². The van der Waals surface area contributed by atoms with Gasteiger partial charge in [0.05, 0.1) is 0 Å². The first-order chi connectivity index (χ1) is 9.61. The fourth-order valence-corrected chi connectivity index (χ4v) is 2.85. The number of allylic oxidation sites excluding steroid dienone is 3. The van der Waals surface area contributed by atoms with Crippen molar-refractivity contribution in [2.24, 2.45) is 11.8 Å². The lowest BCUT2D eigenvalue weighted by atomic mass is 9.90. The molecule has 4 unspecified atom stereocenters. The summed E-state index contributed by atoms with van der Waals surface area (Å²) in [4.78, 5) is 22.7. The maximum Gasteiger partial charge on any atom is 0.322 e. The lowest BCUT2D eigenvalue weighted by Crippen LogP contribution is -2.50. The van der Waals surface area contributed by atoms with Gasteiger partial charge in [-0.25, -0.2) is 4.79 Å². The normalized spacial score (nSPS) is 28.8. The molecule has 20 heavy (non-hydrogen) atoms. The number of carbonyl (C=O) groups excluding carboxylic acids is 1. The third kappa shape index (κ3) is 3.39. The highest BCUT2D eigenvalue weighted by Crippen LogP contribution is 2.35. The van der Waals surface area contributed by atoms with Crippen molar-refractivity contribution in [2.75, 3.05) is 13.6 Å². The molecule has 2 rings (SSSR count). The van der Waals surface area contributed by atoms with Gasteiger partial charge in [0.1, 0.15) is 6.04 Å². The summed E-state index contributed by atoms with van der Waals surface area (Å²) in [5.74, 6) is -0.117. The Balaban J connectivity index is 1.79. The Labute approximate surface area is 118 Å². The van der Waals surface area contributed by atoms with Gasteiger partial charge in [0.15, 0.2) is 0 Å². The van der Waals surface area contributed by atoms with Gasteiger partial charge in [-0.3, -0.25) is 4.79 Å². The van der Waals surface area contributed by atoms with Crippen LogP contribution >= 0.6 is 0 Å². The molecular weight excluding hydrogens is 258 g/mol. The van der Waals surface area contributed by atoms with E-state index in [1.807, 2.05) is 12.2 Å². The average molecular weight is 279 g/mol. The van der Waals surface area contributed by atoms with E-state index in [-0.39, 0.29) is 18.6 Å². The molecule has 6 nitrogen and oxygen atoms in total. The first-order valence-electron chi connectivity index (χ1n) is 6.91. The summed E-state index contributed by atoms with van der Waals surface area (Å²) in [5, 5.41) is 17.0. The lowest BCUT2D eigenvalue weighted by Gasteiger charge is -2.23. The van der Waals surface area contributed by atoms with Crippen LogP contribution in [0.25, 0.3) is 0 Å². The topological polar surface area (TPSA) is 90.5 Å². The molecular formula is C14H21N3O3. The minimum absolute atomic E-state index is 0.0637. The molecule has 0 spiro atoms. The zero-order chi connectivity index (χ0) is 14.5. The van der Waals surface area contributed by atoms with Crippen LogP contribution in [0.3, 0.4) is 0 Å². The van der Waals surface area contributed by atoms with Crippen LogP contribution in [0.4, 0.5) is 4.79 Å². The highest BCUT2D eigenvalue weighted by atomic mass is 16.4. The number of carboxylic acids is 1. The van der Waals surface area contributed by atoms with Gasteiger partial charge >= 0.3 is 12.0 Å². The highest BCUT2D eigenvalue weighted by Gasteiger charge is 2.34. The van der Waals surface area contributed by atoms with Crippen LogP contribution in [0, 0.1) is 11.8 Å². The molecule has 4 N–H and O–H groups in total. The molecule has 0 saturated heterocycles. The predicted octanol–water partition coefficient (Wildman–Crippen LogP) is 0.479. The number of hydrogen-bond donors (Lipinski definition) is 4. The molecule has 6 heteroatoms. The number of carboxylic acid groups (broad SMARTS) is 1. The first kappa shape index (κ1) is 14.6. The maximum atomic E-state index is 11.8. The van der Waals surface area contributed by atoms with Crippen LogP contribution in [-0.2, 0) is 4.79 Å². The van der Waals surface area contributed by atoms with Gasteiger partial charge in [-0.1, -0.05) is 24.3 Å². The third-order valence-electron chi connectivity index (χ3n) is 4.00. The van der Waals surface area contributed by atoms with Crippen molar-refractivity contribution in [2.45, 2.75) is 24.9 Å². The van der Waals surface area contributed by atoms with Gasteiger partial charge < -0.3 is 21.1 Å². The molecule has 0 bridgehead atoms. The van der Waals surface area contributed by atoms with E-state index < -0.39 is 12.0 Å². The average Bonchev–Trinajstić information content (AvgIpc) is 2.82. The van der Waals surface area contributed by atoms with Gasteiger partial charge in [0, 0.05) is 18.5 Å². The van der Waals surface area contributed by atoms with Crippen LogP contribution in [-0.4, -0.2) is 42.8 Å². The van der Waals surface area contributed by atoms with Crippen molar-refractivity contribution in [1.82, 2.24) is 16.0 Å². The third-order valence-corrected chi connectivity index (χ3v) is 4.00. The zero-order valence-electron chi connectivity index (χ0n) is 11.5. The Hall–Kier alpha value is -1.82. The quantitative estimate of drug-likeness (QED) is 0.589. The molecule has 0 aliphatic heterocycles. The van der Waals surface area contributed by atoms with Gasteiger partial charge in [-0.2, -0.15) is 0 Å². The summed E-state index contributed by atoms with van der Waals surface area (Å²) in [6.07, 6.45) is 10.4. The molecule has 0 aromatic heterocycles. The van der Waals surface area contributed by atoms with Gasteiger partial charge in [-0.05, 0) is 25.8 Å².